The molecule has 0 bridgehead atoms. The lowest BCUT2D eigenvalue weighted by Crippen LogP contribution is -2.12. The molecule has 4 rings (SSSR count). The van der Waals surface area contributed by atoms with Gasteiger partial charge in [0.1, 0.15) is 11.4 Å². The molecular formula is C20H20N4O2. The maximum absolute atomic E-state index is 10.8. The standard InChI is InChI=1S/C10H12N2O.C10H8N2O/c11-4-3-7-6-12-10-2-1-8(13)5-9(7)10;11-10(13)9-6-5-7-3-1-2-4-8(7)12-9/h1-2,5-6,12-13H,3-4,11H2;1-6H,(H2,11,13). The Morgan fingerprint density at radius 2 is 1.92 bits per heavy atom. The Labute approximate surface area is 150 Å². The van der Waals surface area contributed by atoms with Crippen LogP contribution in [-0.2, 0) is 6.42 Å². The molecule has 0 aliphatic carbocycles. The lowest BCUT2D eigenvalue weighted by molar-refractivity contribution is 0.0996. The summed E-state index contributed by atoms with van der Waals surface area (Å²) in [7, 11) is 0. The van der Waals surface area contributed by atoms with Crippen LogP contribution in [0.25, 0.3) is 21.8 Å². The molecule has 0 fully saturated rings. The van der Waals surface area contributed by atoms with E-state index < -0.39 is 5.91 Å². The van der Waals surface area contributed by atoms with Crippen molar-refractivity contribution in [2.45, 2.75) is 6.42 Å². The zero-order valence-electron chi connectivity index (χ0n) is 14.1. The number of H-pyrrole nitrogens is 1. The molecule has 0 unspecified atom stereocenters. The summed E-state index contributed by atoms with van der Waals surface area (Å²) in [6.07, 6.45) is 2.78. The van der Waals surface area contributed by atoms with E-state index in [2.05, 4.69) is 9.97 Å². The van der Waals surface area contributed by atoms with Gasteiger partial charge >= 0.3 is 0 Å². The van der Waals surface area contributed by atoms with Crippen molar-refractivity contribution in [2.24, 2.45) is 11.5 Å². The molecule has 2 aromatic heterocycles. The van der Waals surface area contributed by atoms with Crippen LogP contribution in [0, 0.1) is 0 Å². The van der Waals surface area contributed by atoms with Crippen molar-refractivity contribution in [3.8, 4) is 5.75 Å². The van der Waals surface area contributed by atoms with Gasteiger partial charge < -0.3 is 21.6 Å². The fourth-order valence-corrected chi connectivity index (χ4v) is 2.73. The van der Waals surface area contributed by atoms with Crippen molar-refractivity contribution in [1.82, 2.24) is 9.97 Å². The first-order chi connectivity index (χ1) is 12.6. The zero-order chi connectivity index (χ0) is 18.5. The van der Waals surface area contributed by atoms with Crippen LogP contribution in [0.3, 0.4) is 0 Å². The van der Waals surface area contributed by atoms with E-state index in [4.69, 9.17) is 11.5 Å². The largest absolute Gasteiger partial charge is 0.508 e. The van der Waals surface area contributed by atoms with E-state index >= 15 is 0 Å². The molecule has 0 aliphatic rings. The number of rotatable bonds is 3. The fourth-order valence-electron chi connectivity index (χ4n) is 2.73. The monoisotopic (exact) mass is 348 g/mol. The van der Waals surface area contributed by atoms with E-state index in [0.29, 0.717) is 18.0 Å². The van der Waals surface area contributed by atoms with Gasteiger partial charge in [0.25, 0.3) is 5.91 Å². The maximum Gasteiger partial charge on any atom is 0.267 e. The number of amides is 1. The molecule has 0 radical (unpaired) electrons. The lowest BCUT2D eigenvalue weighted by Gasteiger charge is -1.97. The quantitative estimate of drug-likeness (QED) is 0.455. The topological polar surface area (TPSA) is 118 Å². The number of nitrogens with one attached hydrogen (secondary N) is 1. The molecule has 0 saturated carbocycles. The summed E-state index contributed by atoms with van der Waals surface area (Å²) in [5.41, 5.74) is 13.9. The Balaban J connectivity index is 0.000000151. The van der Waals surface area contributed by atoms with Gasteiger partial charge in [-0.15, -0.1) is 0 Å². The number of pyridine rings is 1. The van der Waals surface area contributed by atoms with E-state index in [0.717, 1.165) is 33.8 Å². The number of aromatic nitrogens is 2. The summed E-state index contributed by atoms with van der Waals surface area (Å²) in [4.78, 5) is 18.0. The normalized spacial score (nSPS) is 10.5. The van der Waals surface area contributed by atoms with E-state index in [1.54, 1.807) is 18.2 Å². The third kappa shape index (κ3) is 3.81. The molecule has 6 heteroatoms. The molecule has 0 saturated heterocycles. The van der Waals surface area contributed by atoms with Gasteiger partial charge in [0.05, 0.1) is 5.52 Å². The first kappa shape index (κ1) is 17.4. The van der Waals surface area contributed by atoms with E-state index in [-0.39, 0.29) is 0 Å². The first-order valence-electron chi connectivity index (χ1n) is 8.23. The van der Waals surface area contributed by atoms with Crippen molar-refractivity contribution < 1.29 is 9.90 Å². The second-order valence-corrected chi connectivity index (χ2v) is 5.84. The van der Waals surface area contributed by atoms with Gasteiger partial charge in [-0.25, -0.2) is 4.98 Å². The summed E-state index contributed by atoms with van der Waals surface area (Å²) in [5, 5.41) is 11.4. The number of hydrogen-bond acceptors (Lipinski definition) is 4. The smallest absolute Gasteiger partial charge is 0.267 e. The molecule has 2 heterocycles. The number of para-hydroxylation sites is 1. The summed E-state index contributed by atoms with van der Waals surface area (Å²) in [5.74, 6) is -0.198. The van der Waals surface area contributed by atoms with Crippen molar-refractivity contribution in [2.75, 3.05) is 6.54 Å². The molecule has 1 amide bonds. The lowest BCUT2D eigenvalue weighted by atomic mass is 10.1. The second-order valence-electron chi connectivity index (χ2n) is 5.84. The Kier molecular flexibility index (Phi) is 5.15. The number of aromatic amines is 1. The third-order valence-corrected chi connectivity index (χ3v) is 4.02. The summed E-state index contributed by atoms with van der Waals surface area (Å²) in [6, 6.07) is 16.3. The van der Waals surface area contributed by atoms with Gasteiger partial charge in [0.2, 0.25) is 0 Å². The van der Waals surface area contributed by atoms with Gasteiger partial charge in [-0.3, -0.25) is 4.79 Å². The van der Waals surface area contributed by atoms with Crippen molar-refractivity contribution in [3.05, 3.63) is 72.1 Å². The van der Waals surface area contributed by atoms with Crippen LogP contribution in [0.15, 0.2) is 60.8 Å². The summed E-state index contributed by atoms with van der Waals surface area (Å²) < 4.78 is 0. The Morgan fingerprint density at radius 3 is 2.69 bits per heavy atom. The number of carbonyl (C=O) groups excluding carboxylic acids is 1. The Bertz CT molecular complexity index is 1060. The van der Waals surface area contributed by atoms with Crippen LogP contribution < -0.4 is 11.5 Å². The van der Waals surface area contributed by atoms with E-state index in [1.165, 1.54) is 0 Å². The van der Waals surface area contributed by atoms with Gasteiger partial charge in [-0.2, -0.15) is 0 Å². The van der Waals surface area contributed by atoms with Crippen LogP contribution in [0.4, 0.5) is 0 Å². The number of primary amides is 1. The molecule has 6 N–H and O–H groups in total. The van der Waals surface area contributed by atoms with Crippen LogP contribution in [0.5, 0.6) is 5.75 Å². The number of hydrogen-bond donors (Lipinski definition) is 4. The predicted molar refractivity (Wildman–Crippen MR) is 103 cm³/mol. The van der Waals surface area contributed by atoms with Crippen LogP contribution in [-0.4, -0.2) is 27.5 Å². The number of fused-ring (bicyclic) bond motifs is 2. The average molecular weight is 348 g/mol. The maximum atomic E-state index is 10.8. The zero-order valence-corrected chi connectivity index (χ0v) is 14.1. The second kappa shape index (κ2) is 7.67. The number of phenols is 1. The van der Waals surface area contributed by atoms with Crippen LogP contribution >= 0.6 is 0 Å². The molecule has 0 atom stereocenters. The minimum atomic E-state index is -0.495. The van der Waals surface area contributed by atoms with E-state index in [1.807, 2.05) is 42.6 Å². The number of nitrogens with two attached hydrogens (primary N) is 2. The molecule has 0 aliphatic heterocycles. The molecule has 26 heavy (non-hydrogen) atoms. The highest BCUT2D eigenvalue weighted by molar-refractivity contribution is 5.93. The van der Waals surface area contributed by atoms with Gasteiger partial charge in [-0.1, -0.05) is 24.3 Å². The highest BCUT2D eigenvalue weighted by Gasteiger charge is 2.03. The number of nitrogens with zero attached hydrogens (tertiary/aromatic N) is 1. The van der Waals surface area contributed by atoms with Crippen LogP contribution in [0.2, 0.25) is 0 Å². The predicted octanol–water partition coefficient (Wildman–Crippen LogP) is 2.71. The van der Waals surface area contributed by atoms with Gasteiger partial charge in [-0.05, 0) is 48.9 Å². The minimum absolute atomic E-state index is 0.297. The van der Waals surface area contributed by atoms with Gasteiger partial charge in [0.15, 0.2) is 0 Å². The molecule has 6 nitrogen and oxygen atoms in total. The summed E-state index contributed by atoms with van der Waals surface area (Å²) in [6.45, 7) is 0.628. The number of aromatic hydroxyl groups is 1. The van der Waals surface area contributed by atoms with Crippen molar-refractivity contribution >= 4 is 27.7 Å². The third-order valence-electron chi connectivity index (χ3n) is 4.02. The first-order valence-corrected chi connectivity index (χ1v) is 8.23. The SMILES string of the molecule is NC(=O)c1ccc2ccccc2n1.NCCc1c[nH]c2ccc(O)cc12. The molecule has 2 aromatic carbocycles. The molecular weight excluding hydrogens is 328 g/mol. The van der Waals surface area contributed by atoms with Crippen molar-refractivity contribution in [1.29, 1.82) is 0 Å². The highest BCUT2D eigenvalue weighted by atomic mass is 16.3. The van der Waals surface area contributed by atoms with Gasteiger partial charge in [0, 0.05) is 22.5 Å². The van der Waals surface area contributed by atoms with Crippen LogP contribution in [0.1, 0.15) is 16.1 Å². The number of carbonyl (C=O) groups is 1. The number of phenolic OH excluding ortho intramolecular Hbond substituents is 1. The fraction of sp³-hybridized carbons (Fsp3) is 0.100. The van der Waals surface area contributed by atoms with E-state index in [9.17, 15) is 9.90 Å². The molecule has 132 valence electrons. The highest BCUT2D eigenvalue weighted by Crippen LogP contribution is 2.22. The minimum Gasteiger partial charge on any atom is -0.508 e. The summed E-state index contributed by atoms with van der Waals surface area (Å²) >= 11 is 0. The Morgan fingerprint density at radius 1 is 1.12 bits per heavy atom. The van der Waals surface area contributed by atoms with Crippen molar-refractivity contribution in [3.63, 3.8) is 0 Å². The number of benzene rings is 2. The Hall–Kier alpha value is -3.38. The average Bonchev–Trinajstić information content (AvgIpc) is 3.04. The molecule has 4 aromatic rings. The molecule has 0 spiro atoms.